The van der Waals surface area contributed by atoms with Crippen LogP contribution in [0.25, 0.3) is 5.52 Å². The molecule has 2 rings (SSSR count). The van der Waals surface area contributed by atoms with Gasteiger partial charge in [-0.1, -0.05) is 19.9 Å². The lowest BCUT2D eigenvalue weighted by atomic mass is 9.86. The Morgan fingerprint density at radius 2 is 2.12 bits per heavy atom. The van der Waals surface area contributed by atoms with Crippen molar-refractivity contribution in [3.05, 3.63) is 35.7 Å². The average molecular weight is 218 g/mol. The molecule has 2 heterocycles. The molecular weight excluding hydrogens is 200 g/mol. The molecule has 0 atom stereocenters. The first-order valence-corrected chi connectivity index (χ1v) is 5.48. The summed E-state index contributed by atoms with van der Waals surface area (Å²) in [5.74, 6) is 0. The number of aryl methyl sites for hydroxylation is 1. The molecule has 3 nitrogen and oxygen atoms in total. The maximum absolute atomic E-state index is 5.25. The summed E-state index contributed by atoms with van der Waals surface area (Å²) >= 11 is 0. The van der Waals surface area contributed by atoms with Crippen LogP contribution in [0.5, 0.6) is 0 Å². The Morgan fingerprint density at radius 3 is 2.81 bits per heavy atom. The van der Waals surface area contributed by atoms with Crippen molar-refractivity contribution in [1.82, 2.24) is 9.61 Å². The normalized spacial score (nSPS) is 12.2. The third-order valence-electron chi connectivity index (χ3n) is 3.00. The van der Waals surface area contributed by atoms with E-state index in [0.29, 0.717) is 6.61 Å². The van der Waals surface area contributed by atoms with Gasteiger partial charge < -0.3 is 4.74 Å². The van der Waals surface area contributed by atoms with E-state index in [9.17, 15) is 0 Å². The van der Waals surface area contributed by atoms with Crippen LogP contribution in [0.2, 0.25) is 0 Å². The quantitative estimate of drug-likeness (QED) is 0.791. The molecule has 0 saturated carbocycles. The molecule has 0 aliphatic carbocycles. The molecule has 0 bridgehead atoms. The van der Waals surface area contributed by atoms with Gasteiger partial charge in [-0.25, -0.2) is 4.52 Å². The highest BCUT2D eigenvalue weighted by molar-refractivity contribution is 5.53. The van der Waals surface area contributed by atoms with Crippen LogP contribution in [0.1, 0.15) is 25.0 Å². The number of nitrogens with zero attached hydrogens (tertiary/aromatic N) is 2. The van der Waals surface area contributed by atoms with E-state index in [-0.39, 0.29) is 5.41 Å². The molecular formula is C13H18N2O. The minimum absolute atomic E-state index is 0.0167. The van der Waals surface area contributed by atoms with E-state index in [1.807, 2.05) is 10.7 Å². The number of pyridine rings is 1. The zero-order chi connectivity index (χ0) is 11.8. The maximum atomic E-state index is 5.25. The van der Waals surface area contributed by atoms with Gasteiger partial charge in [0.1, 0.15) is 0 Å². The molecule has 0 aliphatic rings. The minimum Gasteiger partial charge on any atom is -0.384 e. The van der Waals surface area contributed by atoms with Gasteiger partial charge in [-0.05, 0) is 24.1 Å². The Morgan fingerprint density at radius 1 is 1.38 bits per heavy atom. The van der Waals surface area contributed by atoms with E-state index in [1.54, 1.807) is 7.11 Å². The van der Waals surface area contributed by atoms with Gasteiger partial charge in [0.25, 0.3) is 0 Å². The van der Waals surface area contributed by atoms with Crippen LogP contribution >= 0.6 is 0 Å². The molecule has 0 fully saturated rings. The smallest absolute Gasteiger partial charge is 0.0690 e. The Hall–Kier alpha value is -1.35. The Labute approximate surface area is 96.0 Å². The molecule has 0 amide bonds. The fourth-order valence-electron chi connectivity index (χ4n) is 1.96. The predicted octanol–water partition coefficient (Wildman–Crippen LogP) is 2.57. The topological polar surface area (TPSA) is 26.5 Å². The van der Waals surface area contributed by atoms with Gasteiger partial charge in [-0.2, -0.15) is 5.10 Å². The monoisotopic (exact) mass is 218 g/mol. The van der Waals surface area contributed by atoms with Crippen molar-refractivity contribution in [2.75, 3.05) is 13.7 Å². The standard InChI is InChI=1S/C13H18N2O/c1-10-7-14-15-8-11(5-6-12(10)15)13(2,3)9-16-4/h5-8H,9H2,1-4H3. The van der Waals surface area contributed by atoms with E-state index in [2.05, 4.69) is 44.2 Å². The number of methoxy groups -OCH3 is 1. The van der Waals surface area contributed by atoms with Crippen LogP contribution in [-0.4, -0.2) is 23.3 Å². The molecule has 0 aliphatic heterocycles. The van der Waals surface area contributed by atoms with Crippen molar-refractivity contribution < 1.29 is 4.74 Å². The highest BCUT2D eigenvalue weighted by Crippen LogP contribution is 2.24. The van der Waals surface area contributed by atoms with Crippen LogP contribution < -0.4 is 0 Å². The SMILES string of the molecule is COCC(C)(C)c1ccc2c(C)cnn2c1. The van der Waals surface area contributed by atoms with Gasteiger partial charge in [0.2, 0.25) is 0 Å². The second-order valence-electron chi connectivity index (χ2n) is 4.89. The summed E-state index contributed by atoms with van der Waals surface area (Å²) in [4.78, 5) is 0. The zero-order valence-corrected chi connectivity index (χ0v) is 10.3. The van der Waals surface area contributed by atoms with E-state index in [0.717, 1.165) is 5.52 Å². The number of hydrogen-bond acceptors (Lipinski definition) is 2. The second-order valence-corrected chi connectivity index (χ2v) is 4.89. The highest BCUT2D eigenvalue weighted by atomic mass is 16.5. The molecule has 86 valence electrons. The van der Waals surface area contributed by atoms with Gasteiger partial charge in [-0.15, -0.1) is 0 Å². The Balaban J connectivity index is 2.46. The number of ether oxygens (including phenoxy) is 1. The third-order valence-corrected chi connectivity index (χ3v) is 3.00. The van der Waals surface area contributed by atoms with E-state index in [4.69, 9.17) is 4.74 Å². The molecule has 2 aromatic heterocycles. The molecule has 0 saturated heterocycles. The molecule has 3 heteroatoms. The summed E-state index contributed by atoms with van der Waals surface area (Å²) in [6, 6.07) is 4.28. The summed E-state index contributed by atoms with van der Waals surface area (Å²) in [6.45, 7) is 7.13. The lowest BCUT2D eigenvalue weighted by Gasteiger charge is -2.24. The van der Waals surface area contributed by atoms with E-state index < -0.39 is 0 Å². The van der Waals surface area contributed by atoms with Crippen LogP contribution in [0.4, 0.5) is 0 Å². The summed E-state index contributed by atoms with van der Waals surface area (Å²) < 4.78 is 7.18. The first kappa shape index (κ1) is 11.1. The van der Waals surface area contributed by atoms with Crippen molar-refractivity contribution in [3.8, 4) is 0 Å². The zero-order valence-electron chi connectivity index (χ0n) is 10.3. The lowest BCUT2D eigenvalue weighted by molar-refractivity contribution is 0.146. The minimum atomic E-state index is 0.0167. The van der Waals surface area contributed by atoms with E-state index >= 15 is 0 Å². The Kier molecular flexibility index (Phi) is 2.72. The summed E-state index contributed by atoms with van der Waals surface area (Å²) in [7, 11) is 1.73. The first-order chi connectivity index (χ1) is 7.54. The molecule has 0 aromatic carbocycles. The second kappa shape index (κ2) is 3.91. The molecule has 2 aromatic rings. The predicted molar refractivity (Wildman–Crippen MR) is 64.8 cm³/mol. The van der Waals surface area contributed by atoms with E-state index in [1.165, 1.54) is 11.1 Å². The number of fused-ring (bicyclic) bond motifs is 1. The Bertz CT molecular complexity index is 500. The number of aromatic nitrogens is 2. The van der Waals surface area contributed by atoms with Crippen LogP contribution in [-0.2, 0) is 10.2 Å². The van der Waals surface area contributed by atoms with Crippen molar-refractivity contribution in [1.29, 1.82) is 0 Å². The maximum Gasteiger partial charge on any atom is 0.0690 e. The number of hydrogen-bond donors (Lipinski definition) is 0. The fourth-order valence-corrected chi connectivity index (χ4v) is 1.96. The average Bonchev–Trinajstić information content (AvgIpc) is 2.60. The van der Waals surface area contributed by atoms with Gasteiger partial charge in [0.15, 0.2) is 0 Å². The molecule has 0 radical (unpaired) electrons. The molecule has 0 spiro atoms. The third kappa shape index (κ3) is 1.83. The van der Waals surface area contributed by atoms with Gasteiger partial charge in [0.05, 0.1) is 18.3 Å². The molecule has 0 unspecified atom stereocenters. The van der Waals surface area contributed by atoms with Gasteiger partial charge in [0, 0.05) is 18.7 Å². The van der Waals surface area contributed by atoms with Gasteiger partial charge in [-0.3, -0.25) is 0 Å². The van der Waals surface area contributed by atoms with Gasteiger partial charge >= 0.3 is 0 Å². The van der Waals surface area contributed by atoms with Crippen molar-refractivity contribution in [2.24, 2.45) is 0 Å². The van der Waals surface area contributed by atoms with Crippen molar-refractivity contribution in [3.63, 3.8) is 0 Å². The lowest BCUT2D eigenvalue weighted by Crippen LogP contribution is -2.24. The van der Waals surface area contributed by atoms with Crippen molar-refractivity contribution >= 4 is 5.52 Å². The summed E-state index contributed by atoms with van der Waals surface area (Å²) in [5.41, 5.74) is 3.63. The molecule has 16 heavy (non-hydrogen) atoms. The number of rotatable bonds is 3. The van der Waals surface area contributed by atoms with Crippen molar-refractivity contribution in [2.45, 2.75) is 26.2 Å². The summed E-state index contributed by atoms with van der Waals surface area (Å²) in [6.07, 6.45) is 3.98. The van der Waals surface area contributed by atoms with Crippen LogP contribution in [0, 0.1) is 6.92 Å². The first-order valence-electron chi connectivity index (χ1n) is 5.48. The summed E-state index contributed by atoms with van der Waals surface area (Å²) in [5, 5.41) is 4.33. The largest absolute Gasteiger partial charge is 0.384 e. The molecule has 0 N–H and O–H groups in total. The van der Waals surface area contributed by atoms with Crippen LogP contribution in [0.15, 0.2) is 24.5 Å². The fraction of sp³-hybridized carbons (Fsp3) is 0.462. The highest BCUT2D eigenvalue weighted by Gasteiger charge is 2.21. The van der Waals surface area contributed by atoms with Crippen LogP contribution in [0.3, 0.4) is 0 Å².